The van der Waals surface area contributed by atoms with E-state index < -0.39 is 5.54 Å². The number of halogens is 1. The fourth-order valence-corrected chi connectivity index (χ4v) is 2.78. The lowest BCUT2D eigenvalue weighted by Crippen LogP contribution is -2.54. The molecule has 1 amide bonds. The summed E-state index contributed by atoms with van der Waals surface area (Å²) in [6.07, 6.45) is 3.16. The summed E-state index contributed by atoms with van der Waals surface area (Å²) >= 11 is 3.38. The van der Waals surface area contributed by atoms with E-state index in [0.29, 0.717) is 31.7 Å². The highest BCUT2D eigenvalue weighted by Crippen LogP contribution is 2.22. The average Bonchev–Trinajstić information content (AvgIpc) is 2.81. The SMILES string of the molecule is CCn1cc(Br)cc1C(=O)NC1(CO)CCOCC1. The molecule has 0 unspecified atom stereocenters. The molecule has 0 saturated carbocycles. The highest BCUT2D eigenvalue weighted by Gasteiger charge is 2.34. The summed E-state index contributed by atoms with van der Waals surface area (Å²) in [6, 6.07) is 1.79. The van der Waals surface area contributed by atoms with Gasteiger partial charge in [-0.25, -0.2) is 0 Å². The first-order valence-electron chi connectivity index (χ1n) is 6.47. The van der Waals surface area contributed by atoms with Crippen LogP contribution in [-0.2, 0) is 11.3 Å². The highest BCUT2D eigenvalue weighted by atomic mass is 79.9. The lowest BCUT2D eigenvalue weighted by molar-refractivity contribution is 0.0123. The van der Waals surface area contributed by atoms with Crippen LogP contribution in [0.5, 0.6) is 0 Å². The number of carbonyl (C=O) groups excluding carboxylic acids is 1. The molecule has 2 heterocycles. The number of amides is 1. The summed E-state index contributed by atoms with van der Waals surface area (Å²) in [4.78, 5) is 12.4. The molecule has 0 spiro atoms. The molecule has 6 heteroatoms. The summed E-state index contributed by atoms with van der Waals surface area (Å²) in [7, 11) is 0. The van der Waals surface area contributed by atoms with E-state index in [-0.39, 0.29) is 12.5 Å². The molecule has 106 valence electrons. The van der Waals surface area contributed by atoms with E-state index in [4.69, 9.17) is 4.74 Å². The molecule has 1 aromatic heterocycles. The van der Waals surface area contributed by atoms with Crippen LogP contribution < -0.4 is 5.32 Å². The Morgan fingerprint density at radius 2 is 2.26 bits per heavy atom. The van der Waals surface area contributed by atoms with E-state index in [1.165, 1.54) is 0 Å². The molecule has 0 bridgehead atoms. The van der Waals surface area contributed by atoms with Gasteiger partial charge in [0.1, 0.15) is 5.69 Å². The number of hydrogen-bond acceptors (Lipinski definition) is 3. The maximum Gasteiger partial charge on any atom is 0.268 e. The van der Waals surface area contributed by atoms with Crippen LogP contribution in [0.2, 0.25) is 0 Å². The summed E-state index contributed by atoms with van der Waals surface area (Å²) in [5.41, 5.74) is 0.0543. The molecule has 0 radical (unpaired) electrons. The molecule has 2 N–H and O–H groups in total. The third kappa shape index (κ3) is 3.19. The molecule has 0 aromatic carbocycles. The van der Waals surface area contributed by atoms with E-state index in [1.54, 1.807) is 6.07 Å². The van der Waals surface area contributed by atoms with Gasteiger partial charge in [-0.2, -0.15) is 0 Å². The first-order chi connectivity index (χ1) is 9.10. The van der Waals surface area contributed by atoms with Gasteiger partial charge in [0.15, 0.2) is 0 Å². The Hall–Kier alpha value is -0.850. The molecule has 0 atom stereocenters. The minimum absolute atomic E-state index is 0.0594. The minimum Gasteiger partial charge on any atom is -0.394 e. The van der Waals surface area contributed by atoms with Gasteiger partial charge in [-0.15, -0.1) is 0 Å². The first-order valence-corrected chi connectivity index (χ1v) is 7.26. The zero-order valence-electron chi connectivity index (χ0n) is 11.0. The van der Waals surface area contributed by atoms with Gasteiger partial charge in [-0.1, -0.05) is 0 Å². The zero-order chi connectivity index (χ0) is 13.9. The van der Waals surface area contributed by atoms with Crippen molar-refractivity contribution in [3.05, 3.63) is 22.4 Å². The van der Waals surface area contributed by atoms with Gasteiger partial charge in [-0.3, -0.25) is 4.79 Å². The highest BCUT2D eigenvalue weighted by molar-refractivity contribution is 9.10. The van der Waals surface area contributed by atoms with E-state index in [9.17, 15) is 9.90 Å². The maximum atomic E-state index is 12.4. The largest absolute Gasteiger partial charge is 0.394 e. The summed E-state index contributed by atoms with van der Waals surface area (Å²) in [6.45, 7) is 3.79. The Bertz CT molecular complexity index is 453. The Labute approximate surface area is 121 Å². The number of aliphatic hydroxyl groups is 1. The van der Waals surface area contributed by atoms with Crippen molar-refractivity contribution in [3.63, 3.8) is 0 Å². The van der Waals surface area contributed by atoms with Crippen LogP contribution in [0.15, 0.2) is 16.7 Å². The quantitative estimate of drug-likeness (QED) is 0.880. The third-order valence-electron chi connectivity index (χ3n) is 3.57. The first kappa shape index (κ1) is 14.6. The van der Waals surface area contributed by atoms with Crippen molar-refractivity contribution in [2.24, 2.45) is 0 Å². The molecule has 1 saturated heterocycles. The number of nitrogens with one attached hydrogen (secondary N) is 1. The number of aromatic nitrogens is 1. The van der Waals surface area contributed by atoms with E-state index in [1.807, 2.05) is 17.7 Å². The van der Waals surface area contributed by atoms with E-state index >= 15 is 0 Å². The Kier molecular flexibility index (Phi) is 4.65. The lowest BCUT2D eigenvalue weighted by Gasteiger charge is -2.36. The zero-order valence-corrected chi connectivity index (χ0v) is 12.6. The monoisotopic (exact) mass is 330 g/mol. The topological polar surface area (TPSA) is 63.5 Å². The molecule has 1 aliphatic heterocycles. The van der Waals surface area contributed by atoms with Crippen LogP contribution in [0.1, 0.15) is 30.3 Å². The van der Waals surface area contributed by atoms with Crippen molar-refractivity contribution < 1.29 is 14.6 Å². The van der Waals surface area contributed by atoms with Crippen molar-refractivity contribution in [1.29, 1.82) is 0 Å². The molecular formula is C13H19BrN2O3. The molecular weight excluding hydrogens is 312 g/mol. The number of rotatable bonds is 4. The Morgan fingerprint density at radius 3 is 2.84 bits per heavy atom. The molecule has 1 aromatic rings. The van der Waals surface area contributed by atoms with Gasteiger partial charge in [0.2, 0.25) is 0 Å². The average molecular weight is 331 g/mol. The molecule has 19 heavy (non-hydrogen) atoms. The smallest absolute Gasteiger partial charge is 0.268 e. The second-order valence-electron chi connectivity index (χ2n) is 4.83. The fourth-order valence-electron chi connectivity index (χ4n) is 2.32. The van der Waals surface area contributed by atoms with Crippen LogP contribution in [0.4, 0.5) is 0 Å². The van der Waals surface area contributed by atoms with Gasteiger partial charge in [0.05, 0.1) is 12.1 Å². The maximum absolute atomic E-state index is 12.4. The fraction of sp³-hybridized carbons (Fsp3) is 0.615. The summed E-state index contributed by atoms with van der Waals surface area (Å²) < 4.78 is 8.05. The van der Waals surface area contributed by atoms with Crippen molar-refractivity contribution in [3.8, 4) is 0 Å². The van der Waals surface area contributed by atoms with Crippen molar-refractivity contribution in [2.75, 3.05) is 19.8 Å². The minimum atomic E-state index is -0.551. The number of carbonyl (C=O) groups is 1. The van der Waals surface area contributed by atoms with Gasteiger partial charge in [-0.05, 0) is 41.8 Å². The van der Waals surface area contributed by atoms with Crippen molar-refractivity contribution in [2.45, 2.75) is 31.8 Å². The summed E-state index contributed by atoms with van der Waals surface area (Å²) in [5, 5.41) is 12.6. The number of nitrogens with zero attached hydrogens (tertiary/aromatic N) is 1. The van der Waals surface area contributed by atoms with Crippen LogP contribution >= 0.6 is 15.9 Å². The van der Waals surface area contributed by atoms with E-state index in [0.717, 1.165) is 11.0 Å². The number of hydrogen-bond donors (Lipinski definition) is 2. The number of aryl methyl sites for hydroxylation is 1. The van der Waals surface area contributed by atoms with Crippen molar-refractivity contribution in [1.82, 2.24) is 9.88 Å². The third-order valence-corrected chi connectivity index (χ3v) is 4.00. The second-order valence-corrected chi connectivity index (χ2v) is 5.75. The molecule has 0 aliphatic carbocycles. The van der Waals surface area contributed by atoms with Crippen LogP contribution in [0.25, 0.3) is 0 Å². The summed E-state index contributed by atoms with van der Waals surface area (Å²) in [5.74, 6) is -0.150. The van der Waals surface area contributed by atoms with Gasteiger partial charge in [0.25, 0.3) is 5.91 Å². The Morgan fingerprint density at radius 1 is 1.58 bits per heavy atom. The van der Waals surface area contributed by atoms with Crippen molar-refractivity contribution >= 4 is 21.8 Å². The van der Waals surface area contributed by atoms with Crippen LogP contribution in [0, 0.1) is 0 Å². The second kappa shape index (κ2) is 6.07. The normalized spacial score (nSPS) is 18.3. The lowest BCUT2D eigenvalue weighted by atomic mass is 9.91. The predicted octanol–water partition coefficient (Wildman–Crippen LogP) is 1.54. The van der Waals surface area contributed by atoms with Gasteiger partial charge >= 0.3 is 0 Å². The van der Waals surface area contributed by atoms with Gasteiger partial charge in [0, 0.05) is 30.4 Å². The molecule has 1 aliphatic rings. The molecule has 2 rings (SSSR count). The number of aliphatic hydroxyl groups excluding tert-OH is 1. The number of ether oxygens (including phenoxy) is 1. The van der Waals surface area contributed by atoms with Gasteiger partial charge < -0.3 is 19.7 Å². The molecule has 5 nitrogen and oxygen atoms in total. The predicted molar refractivity (Wildman–Crippen MR) is 75.1 cm³/mol. The standard InChI is InChI=1S/C13H19BrN2O3/c1-2-16-8-10(14)7-11(16)12(18)15-13(9-17)3-5-19-6-4-13/h7-8,17H,2-6,9H2,1H3,(H,15,18). The van der Waals surface area contributed by atoms with Crippen LogP contribution in [-0.4, -0.2) is 40.9 Å². The Balaban J connectivity index is 2.14. The molecule has 1 fully saturated rings. The van der Waals surface area contributed by atoms with Crippen LogP contribution in [0.3, 0.4) is 0 Å². The van der Waals surface area contributed by atoms with E-state index in [2.05, 4.69) is 21.2 Å².